The molecular formula is C34H60N6O4. The van der Waals surface area contributed by atoms with Crippen molar-refractivity contribution in [1.82, 2.24) is 14.7 Å². The summed E-state index contributed by atoms with van der Waals surface area (Å²) >= 11 is 0. The summed E-state index contributed by atoms with van der Waals surface area (Å²) in [6.07, 6.45) is 6.85. The predicted molar refractivity (Wildman–Crippen MR) is 172 cm³/mol. The number of carbonyl (C=O) groups excluding carboxylic acids is 3. The summed E-state index contributed by atoms with van der Waals surface area (Å²) < 4.78 is 0. The van der Waals surface area contributed by atoms with Crippen LogP contribution in [0.15, 0.2) is 4.99 Å². The maximum absolute atomic E-state index is 14.7. The Bertz CT molecular complexity index is 1170. The number of hydrogen-bond acceptors (Lipinski definition) is 7. The van der Waals surface area contributed by atoms with E-state index in [0.29, 0.717) is 58.2 Å². The van der Waals surface area contributed by atoms with Gasteiger partial charge in [-0.3, -0.25) is 9.80 Å². The van der Waals surface area contributed by atoms with Crippen LogP contribution >= 0.6 is 0 Å². The highest BCUT2D eigenvalue weighted by Gasteiger charge is 2.57. The number of carbonyl (C=O) groups is 2. The average Bonchev–Trinajstić information content (AvgIpc) is 2.84. The number of imide groups is 1. The first-order valence-electron chi connectivity index (χ1n) is 16.7. The first-order valence-corrected chi connectivity index (χ1v) is 16.7. The molecule has 4 amide bonds. The fourth-order valence-electron chi connectivity index (χ4n) is 10.6. The molecule has 3 aliphatic carbocycles. The van der Waals surface area contributed by atoms with Crippen LogP contribution in [0.1, 0.15) is 120 Å². The molecule has 7 unspecified atom stereocenters. The summed E-state index contributed by atoms with van der Waals surface area (Å²) in [7, 11) is 0. The van der Waals surface area contributed by atoms with Crippen molar-refractivity contribution < 1.29 is 19.5 Å². The molecule has 0 aromatic rings. The van der Waals surface area contributed by atoms with Crippen LogP contribution < -0.4 is 11.5 Å². The van der Waals surface area contributed by atoms with Crippen LogP contribution in [-0.4, -0.2) is 82.1 Å². The molecule has 1 heterocycles. The van der Waals surface area contributed by atoms with E-state index in [2.05, 4.69) is 67.3 Å². The second-order valence-electron chi connectivity index (χ2n) is 18.6. The third-order valence-electron chi connectivity index (χ3n) is 11.3. The third-order valence-corrected chi connectivity index (χ3v) is 11.3. The van der Waals surface area contributed by atoms with Gasteiger partial charge in [0.15, 0.2) is 0 Å². The van der Waals surface area contributed by atoms with E-state index in [1.165, 1.54) is 4.90 Å². The van der Waals surface area contributed by atoms with E-state index in [-0.39, 0.29) is 50.6 Å². The molecule has 1 saturated heterocycles. The van der Waals surface area contributed by atoms with E-state index < -0.39 is 18.4 Å². The fraction of sp³-hybridized carbons (Fsp3) is 0.912. The largest absolute Gasteiger partial charge is 0.356 e. The van der Waals surface area contributed by atoms with Gasteiger partial charge in [0.1, 0.15) is 0 Å². The molecule has 0 spiro atoms. The average molecular weight is 617 g/mol. The summed E-state index contributed by atoms with van der Waals surface area (Å²) in [6, 6.07) is -1.81. The lowest BCUT2D eigenvalue weighted by Gasteiger charge is -2.59. The Balaban J connectivity index is 1.82. The molecule has 0 bridgehead atoms. The highest BCUT2D eigenvalue weighted by molar-refractivity contribution is 5.96. The molecule has 4 rings (SSSR count). The van der Waals surface area contributed by atoms with Crippen molar-refractivity contribution in [2.24, 2.45) is 48.9 Å². The minimum absolute atomic E-state index is 0.0999. The van der Waals surface area contributed by atoms with Crippen LogP contribution in [0.25, 0.3) is 0 Å². The number of rotatable bonds is 7. The van der Waals surface area contributed by atoms with Crippen molar-refractivity contribution in [3.05, 3.63) is 0 Å². The smallest absolute Gasteiger partial charge is 0.332 e. The van der Waals surface area contributed by atoms with Crippen LogP contribution in [0.4, 0.5) is 9.59 Å². The zero-order valence-corrected chi connectivity index (χ0v) is 28.9. The first kappa shape index (κ1) is 34.9. The van der Waals surface area contributed by atoms with E-state index in [9.17, 15) is 19.5 Å². The van der Waals surface area contributed by atoms with Gasteiger partial charge < -0.3 is 16.6 Å². The Hall–Kier alpha value is -2.00. The lowest BCUT2D eigenvalue weighted by Crippen LogP contribution is -2.74. The van der Waals surface area contributed by atoms with E-state index in [4.69, 9.17) is 11.5 Å². The van der Waals surface area contributed by atoms with Gasteiger partial charge in [-0.25, -0.2) is 24.3 Å². The summed E-state index contributed by atoms with van der Waals surface area (Å²) in [5.41, 5.74) is 11.4. The Morgan fingerprint density at radius 2 is 1.05 bits per heavy atom. The number of amides is 4. The van der Waals surface area contributed by atoms with E-state index >= 15 is 0 Å². The minimum atomic E-state index is -1.40. The SMILES string of the molecule is CC1(C)CC(N2C(=O)N(C3CC(C)(C)CC(C)(CN)C3)C(O)N(C3CC(C)(C)CC(C)(CN=C=O)C3)C2=O)CC(C)(CN)C1. The van der Waals surface area contributed by atoms with Crippen molar-refractivity contribution in [3.63, 3.8) is 0 Å². The first-order chi connectivity index (χ1) is 20.1. The Morgan fingerprint density at radius 1 is 0.682 bits per heavy atom. The molecule has 4 aliphatic rings. The zero-order chi connectivity index (χ0) is 33.1. The molecular weight excluding hydrogens is 556 g/mol. The highest BCUT2D eigenvalue weighted by Crippen LogP contribution is 2.52. The number of aliphatic hydroxyl groups excluding tert-OH is 1. The predicted octanol–water partition coefficient (Wildman–Crippen LogP) is 5.43. The second kappa shape index (κ2) is 11.7. The number of urea groups is 2. The summed E-state index contributed by atoms with van der Waals surface area (Å²) in [5.74, 6) is 0. The Kier molecular flexibility index (Phi) is 9.24. The topological polar surface area (TPSA) is 146 Å². The van der Waals surface area contributed by atoms with Crippen molar-refractivity contribution in [3.8, 4) is 0 Å². The van der Waals surface area contributed by atoms with Crippen LogP contribution in [-0.2, 0) is 4.79 Å². The van der Waals surface area contributed by atoms with Gasteiger partial charge in [0.2, 0.25) is 12.4 Å². The number of isocyanates is 1. The molecule has 44 heavy (non-hydrogen) atoms. The number of aliphatic hydroxyl groups is 1. The standard InChI is InChI=1S/C34H60N6O4/c1-29(2)10-23(13-32(7,16-29)19-35)38-26(42)39(24-11-30(3,4)17-33(8,14-24)20-36)28(44)40(27(38)43)25-12-31(5,6)18-34(9,15-25)21-37-22-41/h23-25,27,43H,10-21,35-36H2,1-9H3. The lowest BCUT2D eigenvalue weighted by atomic mass is 9.61. The van der Waals surface area contributed by atoms with Gasteiger partial charge in [-0.05, 0) is 103 Å². The summed E-state index contributed by atoms with van der Waals surface area (Å²) in [6.45, 7) is 20.8. The monoisotopic (exact) mass is 616 g/mol. The number of nitrogens with zero attached hydrogens (tertiary/aromatic N) is 4. The third kappa shape index (κ3) is 7.03. The molecule has 7 atom stereocenters. The molecule has 0 radical (unpaired) electrons. The molecule has 0 aromatic heterocycles. The van der Waals surface area contributed by atoms with Gasteiger partial charge in [-0.1, -0.05) is 62.3 Å². The van der Waals surface area contributed by atoms with Crippen molar-refractivity contribution in [2.45, 2.75) is 145 Å². The zero-order valence-electron chi connectivity index (χ0n) is 28.9. The maximum atomic E-state index is 14.7. The van der Waals surface area contributed by atoms with Gasteiger partial charge in [0, 0.05) is 18.1 Å². The number of hydrogen-bond donors (Lipinski definition) is 3. The van der Waals surface area contributed by atoms with Crippen LogP contribution in [0.3, 0.4) is 0 Å². The maximum Gasteiger partial charge on any atom is 0.332 e. The highest BCUT2D eigenvalue weighted by atomic mass is 16.3. The summed E-state index contributed by atoms with van der Waals surface area (Å²) in [5, 5.41) is 12.2. The lowest BCUT2D eigenvalue weighted by molar-refractivity contribution is -0.156. The van der Waals surface area contributed by atoms with Crippen molar-refractivity contribution in [1.29, 1.82) is 0 Å². The van der Waals surface area contributed by atoms with Crippen molar-refractivity contribution >= 4 is 18.1 Å². The number of nitrogens with two attached hydrogens (primary N) is 2. The molecule has 10 nitrogen and oxygen atoms in total. The van der Waals surface area contributed by atoms with Crippen LogP contribution in [0.5, 0.6) is 0 Å². The van der Waals surface area contributed by atoms with Crippen LogP contribution in [0, 0.1) is 32.5 Å². The normalized spacial score (nSPS) is 40.5. The second-order valence-corrected chi connectivity index (χ2v) is 18.6. The van der Waals surface area contributed by atoms with Crippen molar-refractivity contribution in [2.75, 3.05) is 19.6 Å². The molecule has 4 fully saturated rings. The summed E-state index contributed by atoms with van der Waals surface area (Å²) in [4.78, 5) is 49.2. The van der Waals surface area contributed by atoms with Gasteiger partial charge in [0.05, 0.1) is 6.54 Å². The minimum Gasteiger partial charge on any atom is -0.356 e. The molecule has 5 N–H and O–H groups in total. The molecule has 10 heteroatoms. The van der Waals surface area contributed by atoms with E-state index in [0.717, 1.165) is 19.3 Å². The van der Waals surface area contributed by atoms with Gasteiger partial charge in [-0.15, -0.1) is 0 Å². The fourth-order valence-corrected chi connectivity index (χ4v) is 10.6. The Labute approximate surface area is 265 Å². The van der Waals surface area contributed by atoms with Gasteiger partial charge >= 0.3 is 12.1 Å². The molecule has 0 aromatic carbocycles. The molecule has 3 saturated carbocycles. The van der Waals surface area contributed by atoms with Crippen LogP contribution in [0.2, 0.25) is 0 Å². The molecule has 1 aliphatic heterocycles. The van der Waals surface area contributed by atoms with Gasteiger partial charge in [0.25, 0.3) is 0 Å². The van der Waals surface area contributed by atoms with Gasteiger partial charge in [-0.2, -0.15) is 0 Å². The molecule has 250 valence electrons. The van der Waals surface area contributed by atoms with E-state index in [1.807, 2.05) is 0 Å². The quantitative estimate of drug-likeness (QED) is 0.257. The Morgan fingerprint density at radius 3 is 1.45 bits per heavy atom. The van der Waals surface area contributed by atoms with E-state index in [1.54, 1.807) is 15.9 Å². The number of aliphatic imine (C=N–C) groups is 1.